The van der Waals surface area contributed by atoms with Crippen LogP contribution in [0.1, 0.15) is 41.7 Å². The highest BCUT2D eigenvalue weighted by molar-refractivity contribution is 7.27. The first-order valence-electron chi connectivity index (χ1n) is 12.8. The fourth-order valence-electron chi connectivity index (χ4n) is 6.34. The number of fused-ring (bicyclic) bond motifs is 8. The Kier molecular flexibility index (Phi) is 5.15. The number of benzene rings is 5. The van der Waals surface area contributed by atoms with Crippen LogP contribution in [-0.4, -0.2) is 0 Å². The van der Waals surface area contributed by atoms with E-state index in [-0.39, 0.29) is 17.5 Å². The molecule has 0 N–H and O–H groups in total. The Labute approximate surface area is 227 Å². The summed E-state index contributed by atoms with van der Waals surface area (Å²) in [5, 5.41) is 2.49. The molecule has 1 nitrogen and oxygen atoms in total. The molecule has 5 aromatic carbocycles. The molecule has 0 amide bonds. The number of hydrogen-bond acceptors (Lipinski definition) is 1. The average molecular weight is 537 g/mol. The molecule has 1 aliphatic heterocycles. The normalized spacial score (nSPS) is 18.4. The van der Waals surface area contributed by atoms with Crippen LogP contribution in [0.2, 0.25) is 0 Å². The number of ether oxygens (including phenoxy) is 1. The van der Waals surface area contributed by atoms with E-state index in [0.717, 1.165) is 49.6 Å². The van der Waals surface area contributed by atoms with E-state index in [0.29, 0.717) is 11.1 Å². The standard InChI is InChI=1S/C34H24F3OP/c1-33(2)29-18-23(37)10-14-26(29)30-25-13-9-22(36)17-28(25)32-27(31(30)33)15-16-34(38-32,19-3-7-21(35)8-4-19)20-5-11-24(39)12-6-20/h3-18H,39H2,1-2H3. The van der Waals surface area contributed by atoms with Gasteiger partial charge >= 0.3 is 0 Å². The highest BCUT2D eigenvalue weighted by Crippen LogP contribution is 2.58. The van der Waals surface area contributed by atoms with Gasteiger partial charge in [0, 0.05) is 27.5 Å². The van der Waals surface area contributed by atoms with Gasteiger partial charge in [-0.05, 0) is 75.4 Å². The minimum Gasteiger partial charge on any atom is -0.472 e. The third-order valence-electron chi connectivity index (χ3n) is 8.17. The average Bonchev–Trinajstić information content (AvgIpc) is 3.15. The summed E-state index contributed by atoms with van der Waals surface area (Å²) in [4.78, 5) is 0. The van der Waals surface area contributed by atoms with Gasteiger partial charge in [-0.1, -0.05) is 68.5 Å². The quantitative estimate of drug-likeness (QED) is 0.206. The first-order chi connectivity index (χ1) is 18.7. The fourth-order valence-corrected chi connectivity index (χ4v) is 6.53. The molecule has 39 heavy (non-hydrogen) atoms. The van der Waals surface area contributed by atoms with E-state index >= 15 is 0 Å². The van der Waals surface area contributed by atoms with Crippen molar-refractivity contribution in [3.63, 3.8) is 0 Å². The zero-order valence-electron chi connectivity index (χ0n) is 21.4. The Morgan fingerprint density at radius 3 is 2.03 bits per heavy atom. The van der Waals surface area contributed by atoms with Crippen molar-refractivity contribution in [2.24, 2.45) is 0 Å². The van der Waals surface area contributed by atoms with Crippen LogP contribution in [0.25, 0.3) is 28.0 Å². The Morgan fingerprint density at radius 2 is 1.31 bits per heavy atom. The lowest BCUT2D eigenvalue weighted by atomic mass is 9.77. The molecule has 2 aliphatic rings. The maximum atomic E-state index is 14.8. The smallest absolute Gasteiger partial charge is 0.178 e. The first-order valence-corrected chi connectivity index (χ1v) is 13.4. The molecule has 2 unspecified atom stereocenters. The molecular weight excluding hydrogens is 512 g/mol. The molecule has 1 aliphatic carbocycles. The van der Waals surface area contributed by atoms with Gasteiger partial charge in [-0.25, -0.2) is 13.2 Å². The van der Waals surface area contributed by atoms with E-state index in [9.17, 15) is 13.2 Å². The highest BCUT2D eigenvalue weighted by atomic mass is 31.0. The van der Waals surface area contributed by atoms with Crippen LogP contribution in [0.3, 0.4) is 0 Å². The van der Waals surface area contributed by atoms with E-state index < -0.39 is 11.0 Å². The second-order valence-corrected chi connectivity index (χ2v) is 11.5. The highest BCUT2D eigenvalue weighted by Gasteiger charge is 2.44. The largest absolute Gasteiger partial charge is 0.472 e. The minimum atomic E-state index is -1.08. The van der Waals surface area contributed by atoms with Gasteiger partial charge in [0.15, 0.2) is 5.60 Å². The van der Waals surface area contributed by atoms with Crippen LogP contribution in [0, 0.1) is 17.5 Å². The molecule has 5 heteroatoms. The molecule has 0 saturated carbocycles. The predicted molar refractivity (Wildman–Crippen MR) is 154 cm³/mol. The molecule has 0 fully saturated rings. The SMILES string of the molecule is CC1(C)c2cc(F)ccc2-c2c1c1c(c3cc(F)ccc23)OC(c2ccc(F)cc2)(c2ccc(P)cc2)C=C1. The lowest BCUT2D eigenvalue weighted by Crippen LogP contribution is -2.35. The van der Waals surface area contributed by atoms with E-state index in [4.69, 9.17) is 4.74 Å². The zero-order chi connectivity index (χ0) is 27.1. The van der Waals surface area contributed by atoms with Crippen molar-refractivity contribution in [2.45, 2.75) is 24.9 Å². The van der Waals surface area contributed by atoms with Gasteiger partial charge in [-0.3, -0.25) is 0 Å². The summed E-state index contributed by atoms with van der Waals surface area (Å²) in [7, 11) is 2.68. The molecule has 0 aromatic heterocycles. The lowest BCUT2D eigenvalue weighted by molar-refractivity contribution is 0.163. The van der Waals surface area contributed by atoms with Crippen molar-refractivity contribution in [3.05, 3.63) is 136 Å². The Hall–Kier alpha value is -3.88. The van der Waals surface area contributed by atoms with Crippen molar-refractivity contribution in [3.8, 4) is 16.9 Å². The molecule has 0 bridgehead atoms. The van der Waals surface area contributed by atoms with Gasteiger partial charge in [0.2, 0.25) is 0 Å². The van der Waals surface area contributed by atoms with Crippen LogP contribution >= 0.6 is 9.24 Å². The second kappa shape index (κ2) is 8.31. The van der Waals surface area contributed by atoms with Crippen LogP contribution < -0.4 is 10.0 Å². The summed E-state index contributed by atoms with van der Waals surface area (Å²) < 4.78 is 50.3. The Morgan fingerprint density at radius 1 is 0.692 bits per heavy atom. The summed E-state index contributed by atoms with van der Waals surface area (Å²) in [6, 6.07) is 23.8. The molecule has 0 spiro atoms. The van der Waals surface area contributed by atoms with Crippen LogP contribution in [-0.2, 0) is 11.0 Å². The van der Waals surface area contributed by atoms with Gasteiger partial charge < -0.3 is 4.74 Å². The Balaban J connectivity index is 1.57. The number of hydrogen-bond donors (Lipinski definition) is 0. The number of rotatable bonds is 2. The van der Waals surface area contributed by atoms with Crippen molar-refractivity contribution in [1.29, 1.82) is 0 Å². The summed E-state index contributed by atoms with van der Waals surface area (Å²) in [5.74, 6) is -0.463. The van der Waals surface area contributed by atoms with E-state index in [1.54, 1.807) is 24.3 Å². The fraction of sp³-hybridized carbons (Fsp3) is 0.118. The predicted octanol–water partition coefficient (Wildman–Crippen LogP) is 8.41. The molecule has 5 aromatic rings. The summed E-state index contributed by atoms with van der Waals surface area (Å²) in [6.45, 7) is 4.17. The van der Waals surface area contributed by atoms with Crippen LogP contribution in [0.5, 0.6) is 5.75 Å². The second-order valence-electron chi connectivity index (χ2n) is 10.8. The lowest BCUT2D eigenvalue weighted by Gasteiger charge is -2.38. The van der Waals surface area contributed by atoms with Crippen LogP contribution in [0.4, 0.5) is 13.2 Å². The van der Waals surface area contributed by atoms with Crippen molar-refractivity contribution in [2.75, 3.05) is 0 Å². The zero-order valence-corrected chi connectivity index (χ0v) is 22.5. The van der Waals surface area contributed by atoms with Gasteiger partial charge in [-0.15, -0.1) is 9.24 Å². The van der Waals surface area contributed by atoms with E-state index in [2.05, 4.69) is 23.1 Å². The monoisotopic (exact) mass is 536 g/mol. The number of halogens is 3. The molecular formula is C34H24F3OP. The van der Waals surface area contributed by atoms with Gasteiger partial charge in [-0.2, -0.15) is 0 Å². The molecule has 1 heterocycles. The first kappa shape index (κ1) is 24.2. The molecule has 7 rings (SSSR count). The van der Waals surface area contributed by atoms with Crippen LogP contribution in [0.15, 0.2) is 91.0 Å². The minimum absolute atomic E-state index is 0.293. The Bertz CT molecular complexity index is 1790. The summed E-state index contributed by atoms with van der Waals surface area (Å²) >= 11 is 0. The maximum absolute atomic E-state index is 14.8. The van der Waals surface area contributed by atoms with E-state index in [1.807, 2.05) is 42.5 Å². The summed E-state index contributed by atoms with van der Waals surface area (Å²) in [6.07, 6.45) is 4.02. The van der Waals surface area contributed by atoms with Gasteiger partial charge in [0.05, 0.1) is 0 Å². The molecule has 0 saturated heterocycles. The molecule has 2 atom stereocenters. The van der Waals surface area contributed by atoms with E-state index in [1.165, 1.54) is 30.3 Å². The molecule has 192 valence electrons. The van der Waals surface area contributed by atoms with Crippen molar-refractivity contribution >= 4 is 31.4 Å². The third-order valence-corrected chi connectivity index (χ3v) is 8.55. The maximum Gasteiger partial charge on any atom is 0.178 e. The topological polar surface area (TPSA) is 9.23 Å². The molecule has 0 radical (unpaired) electrons. The van der Waals surface area contributed by atoms with Gasteiger partial charge in [0.25, 0.3) is 0 Å². The third kappa shape index (κ3) is 3.44. The van der Waals surface area contributed by atoms with Crippen molar-refractivity contribution in [1.82, 2.24) is 0 Å². The van der Waals surface area contributed by atoms with Gasteiger partial charge in [0.1, 0.15) is 23.2 Å². The van der Waals surface area contributed by atoms with Crippen molar-refractivity contribution < 1.29 is 17.9 Å². The summed E-state index contributed by atoms with van der Waals surface area (Å²) in [5.41, 5.74) is 4.66.